The van der Waals surface area contributed by atoms with E-state index in [1.165, 1.54) is 24.9 Å². The molecule has 0 spiro atoms. The first kappa shape index (κ1) is 16.2. The van der Waals surface area contributed by atoms with Crippen LogP contribution in [0.25, 0.3) is 0 Å². The maximum absolute atomic E-state index is 12.3. The number of nitrogens with zero attached hydrogens (tertiary/aromatic N) is 1. The molecule has 3 rings (SSSR count). The second-order valence-corrected chi connectivity index (χ2v) is 6.44. The lowest BCUT2D eigenvalue weighted by Crippen LogP contribution is -2.29. The molecule has 1 aliphatic heterocycles. The van der Waals surface area contributed by atoms with Crippen LogP contribution in [0.4, 0.5) is 11.4 Å². The fourth-order valence-electron chi connectivity index (χ4n) is 2.79. The Morgan fingerprint density at radius 3 is 2.35 bits per heavy atom. The molecule has 1 aliphatic rings. The molecule has 0 aromatic heterocycles. The van der Waals surface area contributed by atoms with Gasteiger partial charge >= 0.3 is 0 Å². The summed E-state index contributed by atoms with van der Waals surface area (Å²) in [6, 6.07) is 12.9. The normalized spacial score (nSPS) is 14.6. The van der Waals surface area contributed by atoms with E-state index in [9.17, 15) is 4.79 Å². The van der Waals surface area contributed by atoms with Crippen molar-refractivity contribution in [2.24, 2.45) is 0 Å². The smallest absolute Gasteiger partial charge is 0.257 e. The van der Waals surface area contributed by atoms with Crippen LogP contribution in [0.1, 0.15) is 29.6 Å². The number of carbonyl (C=O) groups excluding carboxylic acids is 1. The van der Waals surface area contributed by atoms with Crippen molar-refractivity contribution in [1.29, 1.82) is 0 Å². The van der Waals surface area contributed by atoms with E-state index in [-0.39, 0.29) is 10.9 Å². The standard InChI is InChI=1S/C18H18Cl2N2O/c19-16-6-4-5-15(17(16)20)18(23)21-13-7-9-14(10-8-13)22-11-2-1-3-12-22/h4-10H,1-3,11-12H2,(H,21,23). The Morgan fingerprint density at radius 2 is 1.65 bits per heavy atom. The number of hydrogen-bond acceptors (Lipinski definition) is 2. The van der Waals surface area contributed by atoms with Crippen LogP contribution in [0, 0.1) is 0 Å². The molecular formula is C18H18Cl2N2O. The minimum Gasteiger partial charge on any atom is -0.372 e. The van der Waals surface area contributed by atoms with E-state index in [4.69, 9.17) is 23.2 Å². The number of nitrogens with one attached hydrogen (secondary N) is 1. The van der Waals surface area contributed by atoms with Crippen LogP contribution in [-0.2, 0) is 0 Å². The van der Waals surface area contributed by atoms with Crippen LogP contribution in [0.3, 0.4) is 0 Å². The van der Waals surface area contributed by atoms with E-state index in [1.54, 1.807) is 18.2 Å². The topological polar surface area (TPSA) is 32.3 Å². The fourth-order valence-corrected chi connectivity index (χ4v) is 3.17. The summed E-state index contributed by atoms with van der Waals surface area (Å²) in [6.07, 6.45) is 3.79. The monoisotopic (exact) mass is 348 g/mol. The van der Waals surface area contributed by atoms with Crippen molar-refractivity contribution in [2.45, 2.75) is 19.3 Å². The van der Waals surface area contributed by atoms with Crippen molar-refractivity contribution in [2.75, 3.05) is 23.3 Å². The highest BCUT2D eigenvalue weighted by molar-refractivity contribution is 6.44. The number of piperidine rings is 1. The Kier molecular flexibility index (Phi) is 5.09. The summed E-state index contributed by atoms with van der Waals surface area (Å²) in [5.74, 6) is -0.261. The molecule has 0 saturated carbocycles. The van der Waals surface area contributed by atoms with Gasteiger partial charge in [-0.25, -0.2) is 0 Å². The van der Waals surface area contributed by atoms with Crippen molar-refractivity contribution < 1.29 is 4.79 Å². The highest BCUT2D eigenvalue weighted by Crippen LogP contribution is 2.27. The molecule has 5 heteroatoms. The lowest BCUT2D eigenvalue weighted by atomic mass is 10.1. The molecule has 23 heavy (non-hydrogen) atoms. The van der Waals surface area contributed by atoms with E-state index < -0.39 is 0 Å². The SMILES string of the molecule is O=C(Nc1ccc(N2CCCCC2)cc1)c1cccc(Cl)c1Cl. The summed E-state index contributed by atoms with van der Waals surface area (Å²) in [5.41, 5.74) is 2.31. The number of rotatable bonds is 3. The second-order valence-electron chi connectivity index (χ2n) is 5.65. The Labute approximate surface area is 146 Å². The average Bonchev–Trinajstić information content (AvgIpc) is 2.59. The van der Waals surface area contributed by atoms with Crippen molar-refractivity contribution in [3.63, 3.8) is 0 Å². The number of anilines is 2. The van der Waals surface area contributed by atoms with Crippen LogP contribution >= 0.6 is 23.2 Å². The quantitative estimate of drug-likeness (QED) is 0.822. The van der Waals surface area contributed by atoms with E-state index in [1.807, 2.05) is 24.3 Å². The Morgan fingerprint density at radius 1 is 0.957 bits per heavy atom. The summed E-state index contributed by atoms with van der Waals surface area (Å²) in [7, 11) is 0. The van der Waals surface area contributed by atoms with Gasteiger partial charge in [-0.05, 0) is 55.7 Å². The summed E-state index contributed by atoms with van der Waals surface area (Å²) < 4.78 is 0. The summed E-state index contributed by atoms with van der Waals surface area (Å²) in [6.45, 7) is 2.20. The number of benzene rings is 2. The maximum atomic E-state index is 12.3. The van der Waals surface area contributed by atoms with E-state index in [0.717, 1.165) is 18.8 Å². The summed E-state index contributed by atoms with van der Waals surface area (Å²) in [5, 5.41) is 3.51. The number of halogens is 2. The van der Waals surface area contributed by atoms with Gasteiger partial charge in [-0.1, -0.05) is 29.3 Å². The first-order valence-corrected chi connectivity index (χ1v) is 8.51. The van der Waals surface area contributed by atoms with Crippen LogP contribution in [0.2, 0.25) is 10.0 Å². The van der Waals surface area contributed by atoms with Gasteiger partial charge in [-0.15, -0.1) is 0 Å². The molecule has 2 aromatic carbocycles. The van der Waals surface area contributed by atoms with Gasteiger partial charge in [0.05, 0.1) is 15.6 Å². The van der Waals surface area contributed by atoms with Gasteiger partial charge in [-0.3, -0.25) is 4.79 Å². The molecule has 0 unspecified atom stereocenters. The van der Waals surface area contributed by atoms with Gasteiger partial charge in [-0.2, -0.15) is 0 Å². The lowest BCUT2D eigenvalue weighted by Gasteiger charge is -2.28. The number of amides is 1. The molecule has 0 atom stereocenters. The molecule has 1 N–H and O–H groups in total. The van der Waals surface area contributed by atoms with Gasteiger partial charge in [0.2, 0.25) is 0 Å². The second kappa shape index (κ2) is 7.24. The zero-order chi connectivity index (χ0) is 16.2. The third-order valence-corrected chi connectivity index (χ3v) is 4.86. The molecule has 120 valence electrons. The molecule has 0 radical (unpaired) electrons. The van der Waals surface area contributed by atoms with Crippen molar-refractivity contribution >= 4 is 40.5 Å². The Hall–Kier alpha value is -1.71. The third kappa shape index (κ3) is 3.80. The highest BCUT2D eigenvalue weighted by atomic mass is 35.5. The largest absolute Gasteiger partial charge is 0.372 e. The lowest BCUT2D eigenvalue weighted by molar-refractivity contribution is 0.102. The van der Waals surface area contributed by atoms with Crippen LogP contribution < -0.4 is 10.2 Å². The van der Waals surface area contributed by atoms with Gasteiger partial charge in [0.15, 0.2) is 0 Å². The summed E-state index contributed by atoms with van der Waals surface area (Å²) in [4.78, 5) is 14.7. The van der Waals surface area contributed by atoms with Crippen LogP contribution in [0.15, 0.2) is 42.5 Å². The minimum absolute atomic E-state index is 0.261. The molecular weight excluding hydrogens is 331 g/mol. The van der Waals surface area contributed by atoms with Crippen molar-refractivity contribution in [1.82, 2.24) is 0 Å². The number of hydrogen-bond donors (Lipinski definition) is 1. The Bertz CT molecular complexity index is 695. The van der Waals surface area contributed by atoms with E-state index in [0.29, 0.717) is 10.6 Å². The van der Waals surface area contributed by atoms with Crippen molar-refractivity contribution in [3.8, 4) is 0 Å². The van der Waals surface area contributed by atoms with Crippen molar-refractivity contribution in [3.05, 3.63) is 58.1 Å². The van der Waals surface area contributed by atoms with E-state index in [2.05, 4.69) is 10.2 Å². The first-order chi connectivity index (χ1) is 11.1. The molecule has 0 aliphatic carbocycles. The highest BCUT2D eigenvalue weighted by Gasteiger charge is 2.14. The predicted molar refractivity (Wildman–Crippen MR) is 96.9 cm³/mol. The Balaban J connectivity index is 1.70. The third-order valence-electron chi connectivity index (χ3n) is 4.04. The zero-order valence-corrected chi connectivity index (χ0v) is 14.2. The van der Waals surface area contributed by atoms with Gasteiger partial charge < -0.3 is 10.2 Å². The maximum Gasteiger partial charge on any atom is 0.257 e. The average molecular weight is 349 g/mol. The van der Waals surface area contributed by atoms with Crippen LogP contribution in [-0.4, -0.2) is 19.0 Å². The molecule has 1 saturated heterocycles. The van der Waals surface area contributed by atoms with E-state index >= 15 is 0 Å². The molecule has 1 fully saturated rings. The molecule has 1 heterocycles. The molecule has 0 bridgehead atoms. The van der Waals surface area contributed by atoms with Gasteiger partial charge in [0.25, 0.3) is 5.91 Å². The predicted octanol–water partition coefficient (Wildman–Crippen LogP) is 5.24. The summed E-state index contributed by atoms with van der Waals surface area (Å²) >= 11 is 12.0. The van der Waals surface area contributed by atoms with Gasteiger partial charge in [0, 0.05) is 24.5 Å². The minimum atomic E-state index is -0.261. The first-order valence-electron chi connectivity index (χ1n) is 7.75. The molecule has 3 nitrogen and oxygen atoms in total. The fraction of sp³-hybridized carbons (Fsp3) is 0.278. The van der Waals surface area contributed by atoms with Crippen LogP contribution in [0.5, 0.6) is 0 Å². The zero-order valence-electron chi connectivity index (χ0n) is 12.7. The molecule has 1 amide bonds. The molecule has 2 aromatic rings. The number of carbonyl (C=O) groups is 1. The van der Waals surface area contributed by atoms with Gasteiger partial charge in [0.1, 0.15) is 0 Å².